The van der Waals surface area contributed by atoms with E-state index in [-0.39, 0.29) is 6.10 Å². The standard InChI is InChI=1S/C15H20O2/c1-17-14-10-6-12(7-11-14)4-2-3-5-15(16)13-8-9-13/h2,4,6-7,10-11,13,15-16H,3,5,8-9H2,1H3. The third-order valence-electron chi connectivity index (χ3n) is 3.22. The van der Waals surface area contributed by atoms with E-state index in [2.05, 4.69) is 12.2 Å². The van der Waals surface area contributed by atoms with Crippen molar-refractivity contribution in [3.63, 3.8) is 0 Å². The molecular weight excluding hydrogens is 212 g/mol. The molecule has 2 nitrogen and oxygen atoms in total. The summed E-state index contributed by atoms with van der Waals surface area (Å²) in [5, 5.41) is 9.70. The molecule has 1 aliphatic rings. The SMILES string of the molecule is COc1ccc(C=CCCC(O)C2CC2)cc1. The number of hydrogen-bond donors (Lipinski definition) is 1. The van der Waals surface area contributed by atoms with Crippen LogP contribution < -0.4 is 4.74 Å². The smallest absolute Gasteiger partial charge is 0.118 e. The molecule has 0 heterocycles. The number of aliphatic hydroxyl groups excluding tert-OH is 1. The maximum Gasteiger partial charge on any atom is 0.118 e. The molecule has 1 aromatic carbocycles. The Morgan fingerprint density at radius 3 is 2.65 bits per heavy atom. The van der Waals surface area contributed by atoms with Crippen LogP contribution in [0.4, 0.5) is 0 Å². The third-order valence-corrected chi connectivity index (χ3v) is 3.22. The highest BCUT2D eigenvalue weighted by atomic mass is 16.5. The van der Waals surface area contributed by atoms with Gasteiger partial charge in [0.2, 0.25) is 0 Å². The second-order valence-corrected chi connectivity index (χ2v) is 4.66. The molecule has 1 aromatic rings. The van der Waals surface area contributed by atoms with Crippen LogP contribution in [0.25, 0.3) is 6.08 Å². The Hall–Kier alpha value is -1.28. The highest BCUT2D eigenvalue weighted by molar-refractivity contribution is 5.50. The van der Waals surface area contributed by atoms with E-state index in [1.807, 2.05) is 24.3 Å². The fraction of sp³-hybridized carbons (Fsp3) is 0.467. The second-order valence-electron chi connectivity index (χ2n) is 4.66. The maximum atomic E-state index is 9.70. The van der Waals surface area contributed by atoms with Gasteiger partial charge in [-0.05, 0) is 49.3 Å². The van der Waals surface area contributed by atoms with Crippen LogP contribution >= 0.6 is 0 Å². The molecule has 2 rings (SSSR count). The van der Waals surface area contributed by atoms with Gasteiger partial charge in [0.05, 0.1) is 13.2 Å². The number of ether oxygens (including phenoxy) is 1. The highest BCUT2D eigenvalue weighted by Gasteiger charge is 2.28. The maximum absolute atomic E-state index is 9.70. The predicted molar refractivity (Wildman–Crippen MR) is 70.0 cm³/mol. The van der Waals surface area contributed by atoms with Crippen LogP contribution in [0, 0.1) is 5.92 Å². The minimum Gasteiger partial charge on any atom is -0.497 e. The van der Waals surface area contributed by atoms with Gasteiger partial charge in [-0.1, -0.05) is 24.3 Å². The zero-order chi connectivity index (χ0) is 12.1. The lowest BCUT2D eigenvalue weighted by Gasteiger charge is -2.05. The fourth-order valence-electron chi connectivity index (χ4n) is 1.92. The largest absolute Gasteiger partial charge is 0.497 e. The van der Waals surface area contributed by atoms with Gasteiger partial charge in [-0.2, -0.15) is 0 Å². The lowest BCUT2D eigenvalue weighted by molar-refractivity contribution is 0.143. The topological polar surface area (TPSA) is 29.5 Å². The summed E-state index contributed by atoms with van der Waals surface area (Å²) in [5.74, 6) is 1.47. The molecule has 17 heavy (non-hydrogen) atoms. The van der Waals surface area contributed by atoms with E-state index in [1.165, 1.54) is 18.4 Å². The molecule has 0 aliphatic heterocycles. The van der Waals surface area contributed by atoms with Crippen molar-refractivity contribution in [2.75, 3.05) is 7.11 Å². The molecule has 1 aliphatic carbocycles. The fourth-order valence-corrected chi connectivity index (χ4v) is 1.92. The molecule has 1 atom stereocenters. The van der Waals surface area contributed by atoms with Gasteiger partial charge in [0.1, 0.15) is 5.75 Å². The third kappa shape index (κ3) is 3.90. The Labute approximate surface area is 103 Å². The van der Waals surface area contributed by atoms with Gasteiger partial charge < -0.3 is 9.84 Å². The molecule has 0 saturated heterocycles. The number of hydrogen-bond acceptors (Lipinski definition) is 2. The van der Waals surface area contributed by atoms with Crippen molar-refractivity contribution in [1.82, 2.24) is 0 Å². The average Bonchev–Trinajstić information content (AvgIpc) is 3.19. The second kappa shape index (κ2) is 5.87. The van der Waals surface area contributed by atoms with Crippen LogP contribution in [-0.4, -0.2) is 18.3 Å². The van der Waals surface area contributed by atoms with Crippen LogP contribution in [-0.2, 0) is 0 Å². The summed E-state index contributed by atoms with van der Waals surface area (Å²) < 4.78 is 5.10. The number of methoxy groups -OCH3 is 1. The van der Waals surface area contributed by atoms with Gasteiger partial charge in [-0.3, -0.25) is 0 Å². The van der Waals surface area contributed by atoms with Crippen molar-refractivity contribution in [3.05, 3.63) is 35.9 Å². The number of rotatable bonds is 6. The molecule has 0 bridgehead atoms. The first-order valence-electron chi connectivity index (χ1n) is 6.28. The molecule has 2 heteroatoms. The van der Waals surface area contributed by atoms with Gasteiger partial charge >= 0.3 is 0 Å². The first-order valence-corrected chi connectivity index (χ1v) is 6.28. The first-order chi connectivity index (χ1) is 8.29. The van der Waals surface area contributed by atoms with Crippen LogP contribution in [0.1, 0.15) is 31.2 Å². The zero-order valence-corrected chi connectivity index (χ0v) is 10.3. The molecular formula is C15H20O2. The molecule has 0 radical (unpaired) electrons. The Bertz CT molecular complexity index is 363. The van der Waals surface area contributed by atoms with Gasteiger partial charge in [-0.15, -0.1) is 0 Å². The molecule has 1 unspecified atom stereocenters. The monoisotopic (exact) mass is 232 g/mol. The normalized spacial score (nSPS) is 17.3. The lowest BCUT2D eigenvalue weighted by atomic mass is 10.1. The van der Waals surface area contributed by atoms with Gasteiger partial charge in [0.15, 0.2) is 0 Å². The molecule has 92 valence electrons. The summed E-state index contributed by atoms with van der Waals surface area (Å²) in [7, 11) is 1.67. The van der Waals surface area contributed by atoms with Crippen LogP contribution in [0.3, 0.4) is 0 Å². The molecule has 1 saturated carbocycles. The Kier molecular flexibility index (Phi) is 4.21. The van der Waals surface area contributed by atoms with Crippen molar-refractivity contribution in [2.45, 2.75) is 31.8 Å². The summed E-state index contributed by atoms with van der Waals surface area (Å²) in [6.45, 7) is 0. The van der Waals surface area contributed by atoms with E-state index in [0.29, 0.717) is 5.92 Å². The minimum atomic E-state index is -0.0875. The van der Waals surface area contributed by atoms with Crippen molar-refractivity contribution in [1.29, 1.82) is 0 Å². The van der Waals surface area contributed by atoms with Gasteiger partial charge in [-0.25, -0.2) is 0 Å². The zero-order valence-electron chi connectivity index (χ0n) is 10.3. The van der Waals surface area contributed by atoms with E-state index < -0.39 is 0 Å². The predicted octanol–water partition coefficient (Wildman–Crippen LogP) is 3.26. The summed E-state index contributed by atoms with van der Waals surface area (Å²) in [6.07, 6.45) is 8.40. The van der Waals surface area contributed by atoms with E-state index in [1.54, 1.807) is 7.11 Å². The Morgan fingerprint density at radius 2 is 2.06 bits per heavy atom. The summed E-state index contributed by atoms with van der Waals surface area (Å²) in [5.41, 5.74) is 1.17. The number of aliphatic hydroxyl groups is 1. The van der Waals surface area contributed by atoms with Crippen molar-refractivity contribution in [3.8, 4) is 5.75 Å². The molecule has 1 fully saturated rings. The summed E-state index contributed by atoms with van der Waals surface area (Å²) in [6, 6.07) is 7.98. The van der Waals surface area contributed by atoms with Gasteiger partial charge in [0.25, 0.3) is 0 Å². The van der Waals surface area contributed by atoms with Crippen LogP contribution in [0.5, 0.6) is 5.75 Å². The summed E-state index contributed by atoms with van der Waals surface area (Å²) >= 11 is 0. The Balaban J connectivity index is 1.74. The van der Waals surface area contributed by atoms with Crippen molar-refractivity contribution in [2.24, 2.45) is 5.92 Å². The average molecular weight is 232 g/mol. The number of allylic oxidation sites excluding steroid dienone is 1. The van der Waals surface area contributed by atoms with Crippen LogP contribution in [0.15, 0.2) is 30.3 Å². The highest BCUT2D eigenvalue weighted by Crippen LogP contribution is 2.34. The Morgan fingerprint density at radius 1 is 1.35 bits per heavy atom. The molecule has 1 N–H and O–H groups in total. The molecule has 0 spiro atoms. The van der Waals surface area contributed by atoms with E-state index >= 15 is 0 Å². The van der Waals surface area contributed by atoms with Crippen molar-refractivity contribution < 1.29 is 9.84 Å². The summed E-state index contributed by atoms with van der Waals surface area (Å²) in [4.78, 5) is 0. The number of benzene rings is 1. The molecule has 0 aromatic heterocycles. The van der Waals surface area contributed by atoms with Gasteiger partial charge in [0, 0.05) is 0 Å². The first kappa shape index (κ1) is 12.2. The van der Waals surface area contributed by atoms with E-state index in [9.17, 15) is 5.11 Å². The quantitative estimate of drug-likeness (QED) is 0.815. The van der Waals surface area contributed by atoms with E-state index in [4.69, 9.17) is 4.74 Å². The van der Waals surface area contributed by atoms with E-state index in [0.717, 1.165) is 18.6 Å². The lowest BCUT2D eigenvalue weighted by Crippen LogP contribution is -2.07. The molecule has 0 amide bonds. The van der Waals surface area contributed by atoms with Crippen molar-refractivity contribution >= 4 is 6.08 Å². The minimum absolute atomic E-state index is 0.0875. The van der Waals surface area contributed by atoms with Crippen LogP contribution in [0.2, 0.25) is 0 Å².